The van der Waals surface area contributed by atoms with Crippen molar-refractivity contribution in [3.8, 4) is 11.5 Å². The number of nitro groups is 1. The molecule has 0 unspecified atom stereocenters. The summed E-state index contributed by atoms with van der Waals surface area (Å²) in [6.45, 7) is 1.39. The fraction of sp³-hybridized carbons (Fsp3) is 0.222. The Morgan fingerprint density at radius 1 is 1.60 bits per heavy atom. The number of ether oxygens (including phenoxy) is 1. The maximum Gasteiger partial charge on any atom is 0.318 e. The second-order valence-electron chi connectivity index (χ2n) is 2.87. The third-order valence-electron chi connectivity index (χ3n) is 2.06. The smallest absolute Gasteiger partial charge is 0.318 e. The lowest BCUT2D eigenvalue weighted by Gasteiger charge is -2.07. The Morgan fingerprint density at radius 2 is 2.20 bits per heavy atom. The van der Waals surface area contributed by atoms with Crippen molar-refractivity contribution in [1.82, 2.24) is 0 Å². The predicted octanol–water partition coefficient (Wildman–Crippen LogP) is 1.43. The molecule has 1 N–H and O–H groups in total. The second kappa shape index (κ2) is 3.95. The third-order valence-corrected chi connectivity index (χ3v) is 2.06. The lowest BCUT2D eigenvalue weighted by Crippen LogP contribution is -1.98. The Labute approximate surface area is 85.2 Å². The van der Waals surface area contributed by atoms with Crippen LogP contribution in [0.15, 0.2) is 6.07 Å². The van der Waals surface area contributed by atoms with Gasteiger partial charge in [-0.2, -0.15) is 0 Å². The largest absolute Gasteiger partial charge is 0.500 e. The minimum absolute atomic E-state index is 0.0885. The van der Waals surface area contributed by atoms with Crippen LogP contribution in [-0.4, -0.2) is 23.4 Å². The Bertz CT molecular complexity index is 427. The van der Waals surface area contributed by atoms with Gasteiger partial charge in [0.25, 0.3) is 0 Å². The average molecular weight is 211 g/mol. The van der Waals surface area contributed by atoms with Crippen LogP contribution in [0.3, 0.4) is 0 Å². The summed E-state index contributed by atoms with van der Waals surface area (Å²) < 4.78 is 4.72. The van der Waals surface area contributed by atoms with Gasteiger partial charge in [-0.25, -0.2) is 0 Å². The zero-order valence-corrected chi connectivity index (χ0v) is 8.18. The van der Waals surface area contributed by atoms with E-state index in [1.165, 1.54) is 20.1 Å². The van der Waals surface area contributed by atoms with Crippen molar-refractivity contribution in [2.24, 2.45) is 0 Å². The number of phenolic OH excluding ortho intramolecular Hbond substituents is 1. The highest BCUT2D eigenvalue weighted by molar-refractivity contribution is 5.82. The van der Waals surface area contributed by atoms with Gasteiger partial charge in [0.15, 0.2) is 12.0 Å². The molecule has 0 aliphatic rings. The molecule has 0 radical (unpaired) electrons. The van der Waals surface area contributed by atoms with Gasteiger partial charge < -0.3 is 9.84 Å². The molecule has 0 fully saturated rings. The highest BCUT2D eigenvalue weighted by Crippen LogP contribution is 2.39. The maximum atomic E-state index is 10.7. The van der Waals surface area contributed by atoms with E-state index in [-0.39, 0.29) is 16.9 Å². The molecule has 6 nitrogen and oxygen atoms in total. The Morgan fingerprint density at radius 3 is 2.60 bits per heavy atom. The molecule has 80 valence electrons. The van der Waals surface area contributed by atoms with E-state index < -0.39 is 16.4 Å². The lowest BCUT2D eigenvalue weighted by molar-refractivity contribution is -0.386. The van der Waals surface area contributed by atoms with E-state index in [1.807, 2.05) is 0 Å². The van der Waals surface area contributed by atoms with Crippen LogP contribution >= 0.6 is 0 Å². The van der Waals surface area contributed by atoms with Crippen LogP contribution in [-0.2, 0) is 0 Å². The quantitative estimate of drug-likeness (QED) is 0.464. The maximum absolute atomic E-state index is 10.7. The number of phenols is 1. The van der Waals surface area contributed by atoms with E-state index in [2.05, 4.69) is 0 Å². The first-order chi connectivity index (χ1) is 7.02. The molecular formula is C9H9NO5. The number of methoxy groups -OCH3 is 1. The van der Waals surface area contributed by atoms with E-state index in [4.69, 9.17) is 4.74 Å². The molecule has 0 atom stereocenters. The third kappa shape index (κ3) is 1.74. The zero-order chi connectivity index (χ0) is 11.6. The molecule has 0 bridgehead atoms. The Hall–Kier alpha value is -2.11. The number of benzene rings is 1. The monoisotopic (exact) mass is 211 g/mol. The van der Waals surface area contributed by atoms with Crippen LogP contribution < -0.4 is 4.74 Å². The van der Waals surface area contributed by atoms with Crippen molar-refractivity contribution in [3.63, 3.8) is 0 Å². The van der Waals surface area contributed by atoms with E-state index in [0.717, 1.165) is 0 Å². The molecule has 1 aromatic rings. The van der Waals surface area contributed by atoms with Crippen molar-refractivity contribution in [2.45, 2.75) is 6.92 Å². The molecule has 0 saturated heterocycles. The number of aldehydes is 1. The minimum Gasteiger partial charge on any atom is -0.500 e. The van der Waals surface area contributed by atoms with Crippen molar-refractivity contribution >= 4 is 12.0 Å². The first-order valence-electron chi connectivity index (χ1n) is 4.03. The molecule has 0 aliphatic heterocycles. The summed E-state index contributed by atoms with van der Waals surface area (Å²) >= 11 is 0. The highest BCUT2D eigenvalue weighted by Gasteiger charge is 2.24. The van der Waals surface area contributed by atoms with Crippen LogP contribution in [0, 0.1) is 17.0 Å². The van der Waals surface area contributed by atoms with Crippen molar-refractivity contribution in [1.29, 1.82) is 0 Å². The van der Waals surface area contributed by atoms with Crippen LogP contribution in [0.1, 0.15) is 15.9 Å². The second-order valence-corrected chi connectivity index (χ2v) is 2.87. The molecule has 1 rings (SSSR count). The molecule has 0 saturated carbocycles. The standard InChI is InChI=1S/C9H9NO5/c1-5-6(4-11)3-7(15-2)9(12)8(5)10(13)14/h3-4,12H,1-2H3. The van der Waals surface area contributed by atoms with Gasteiger partial charge in [0.05, 0.1) is 12.0 Å². The van der Waals surface area contributed by atoms with Gasteiger partial charge in [0.2, 0.25) is 5.75 Å². The highest BCUT2D eigenvalue weighted by atomic mass is 16.6. The summed E-state index contributed by atoms with van der Waals surface area (Å²) in [5, 5.41) is 20.1. The van der Waals surface area contributed by atoms with Crippen LogP contribution in [0.5, 0.6) is 11.5 Å². The number of carbonyl (C=O) groups is 1. The molecule has 15 heavy (non-hydrogen) atoms. The van der Waals surface area contributed by atoms with Gasteiger partial charge >= 0.3 is 5.69 Å². The molecule has 0 aromatic heterocycles. The fourth-order valence-electron chi connectivity index (χ4n) is 1.25. The van der Waals surface area contributed by atoms with Gasteiger partial charge in [0.1, 0.15) is 0 Å². The van der Waals surface area contributed by atoms with E-state index in [0.29, 0.717) is 6.29 Å². The summed E-state index contributed by atoms with van der Waals surface area (Å²) in [7, 11) is 1.25. The van der Waals surface area contributed by atoms with Gasteiger partial charge in [-0.05, 0) is 13.0 Å². The van der Waals surface area contributed by atoms with Crippen LogP contribution in [0.2, 0.25) is 0 Å². The molecule has 0 aliphatic carbocycles. The van der Waals surface area contributed by atoms with Gasteiger partial charge in [0, 0.05) is 11.1 Å². The molecule has 6 heteroatoms. The number of aromatic hydroxyl groups is 1. The molecular weight excluding hydrogens is 202 g/mol. The summed E-state index contributed by atoms with van der Waals surface area (Å²) in [4.78, 5) is 20.5. The van der Waals surface area contributed by atoms with Gasteiger partial charge in [-0.1, -0.05) is 0 Å². The summed E-state index contributed by atoms with van der Waals surface area (Å²) in [6.07, 6.45) is 0.476. The van der Waals surface area contributed by atoms with E-state index >= 15 is 0 Å². The molecule has 0 heterocycles. The number of hydrogen-bond donors (Lipinski definition) is 1. The fourth-order valence-corrected chi connectivity index (χ4v) is 1.25. The summed E-state index contributed by atoms with van der Waals surface area (Å²) in [5.41, 5.74) is -0.263. The normalized spacial score (nSPS) is 9.73. The van der Waals surface area contributed by atoms with Gasteiger partial charge in [-0.3, -0.25) is 14.9 Å². The van der Waals surface area contributed by atoms with Gasteiger partial charge in [-0.15, -0.1) is 0 Å². The predicted molar refractivity (Wildman–Crippen MR) is 51.4 cm³/mol. The van der Waals surface area contributed by atoms with Crippen molar-refractivity contribution in [3.05, 3.63) is 27.3 Å². The van der Waals surface area contributed by atoms with Crippen LogP contribution in [0.4, 0.5) is 5.69 Å². The van der Waals surface area contributed by atoms with E-state index in [1.54, 1.807) is 0 Å². The Kier molecular flexibility index (Phi) is 2.89. The molecule has 1 aromatic carbocycles. The SMILES string of the molecule is COc1cc(C=O)c(C)c([N+](=O)[O-])c1O. The molecule has 0 amide bonds. The van der Waals surface area contributed by atoms with Crippen molar-refractivity contribution in [2.75, 3.05) is 7.11 Å². The lowest BCUT2D eigenvalue weighted by atomic mass is 10.1. The number of nitro benzene ring substituents is 1. The number of nitrogens with zero attached hydrogens (tertiary/aromatic N) is 1. The number of hydrogen-bond acceptors (Lipinski definition) is 5. The Balaban J connectivity index is 3.60. The first-order valence-corrected chi connectivity index (χ1v) is 4.03. The average Bonchev–Trinajstić information content (AvgIpc) is 2.18. The first kappa shape index (κ1) is 11.0. The topological polar surface area (TPSA) is 89.7 Å². The number of rotatable bonds is 3. The zero-order valence-electron chi connectivity index (χ0n) is 8.18. The number of carbonyl (C=O) groups excluding carboxylic acids is 1. The molecule has 0 spiro atoms. The minimum atomic E-state index is -0.750. The van der Waals surface area contributed by atoms with Crippen molar-refractivity contribution < 1.29 is 19.6 Å². The summed E-state index contributed by atoms with van der Waals surface area (Å²) in [5.74, 6) is -0.653. The summed E-state index contributed by atoms with van der Waals surface area (Å²) in [6, 6.07) is 1.25. The van der Waals surface area contributed by atoms with E-state index in [9.17, 15) is 20.0 Å². The van der Waals surface area contributed by atoms with Crippen LogP contribution in [0.25, 0.3) is 0 Å².